The quantitative estimate of drug-likeness (QED) is 0.708. The van der Waals surface area contributed by atoms with Crippen LogP contribution in [0.1, 0.15) is 45.4 Å². The van der Waals surface area contributed by atoms with Gasteiger partial charge >= 0.3 is 0 Å². The second-order valence-electron chi connectivity index (χ2n) is 7.14. The molecule has 1 saturated heterocycles. The molecule has 146 valence electrons. The Balaban J connectivity index is 1.72. The zero-order chi connectivity index (χ0) is 20.1. The summed E-state index contributed by atoms with van der Waals surface area (Å²) in [5.74, 6) is -0.185. The number of para-hydroxylation sites is 1. The van der Waals surface area contributed by atoms with E-state index in [1.165, 1.54) is 6.07 Å². The topological polar surface area (TPSA) is 93.4 Å². The van der Waals surface area contributed by atoms with Crippen LogP contribution in [0.2, 0.25) is 0 Å². The molecule has 1 aromatic heterocycles. The van der Waals surface area contributed by atoms with Crippen molar-refractivity contribution in [2.75, 3.05) is 6.54 Å². The molecule has 3 aromatic rings. The van der Waals surface area contributed by atoms with E-state index in [0.717, 1.165) is 33.6 Å². The molecule has 0 radical (unpaired) electrons. The summed E-state index contributed by atoms with van der Waals surface area (Å²) in [6, 6.07) is 11.0. The largest absolute Gasteiger partial charge is 0.329 e. The van der Waals surface area contributed by atoms with Gasteiger partial charge in [0.1, 0.15) is 5.01 Å². The van der Waals surface area contributed by atoms with Crippen molar-refractivity contribution in [1.29, 1.82) is 0 Å². The number of fused-ring (bicyclic) bond motifs is 1. The van der Waals surface area contributed by atoms with E-state index in [1.807, 2.05) is 24.3 Å². The maximum absolute atomic E-state index is 13.3. The molecule has 8 heteroatoms. The lowest BCUT2D eigenvalue weighted by molar-refractivity contribution is 0.0735. The Kier molecular flexibility index (Phi) is 4.73. The highest BCUT2D eigenvalue weighted by molar-refractivity contribution is 7.89. The van der Waals surface area contributed by atoms with E-state index in [-0.39, 0.29) is 16.8 Å². The first-order valence-electron chi connectivity index (χ1n) is 9.06. The van der Waals surface area contributed by atoms with Crippen molar-refractivity contribution in [3.05, 3.63) is 58.1 Å². The first-order chi connectivity index (χ1) is 13.3. The standard InChI is InChI=1S/C20H21N3O3S2/c1-12-10-14(11-18(13(12)2)28(21,25)26)20(24)23-9-5-7-16(23)19-22-15-6-3-4-8-17(15)27-19/h3-4,6,8,10-11,16H,5,7,9H2,1-2H3,(H2,21,25,26). The van der Waals surface area contributed by atoms with Crippen molar-refractivity contribution < 1.29 is 13.2 Å². The molecule has 2 N–H and O–H groups in total. The van der Waals surface area contributed by atoms with Crippen molar-refractivity contribution >= 4 is 37.5 Å². The molecule has 1 atom stereocenters. The minimum absolute atomic E-state index is 0.00610. The van der Waals surface area contributed by atoms with E-state index < -0.39 is 10.0 Å². The lowest BCUT2D eigenvalue weighted by atomic mass is 10.0. The number of amides is 1. The van der Waals surface area contributed by atoms with Gasteiger partial charge in [0.15, 0.2) is 0 Å². The number of sulfonamides is 1. The van der Waals surface area contributed by atoms with Crippen LogP contribution in [0.5, 0.6) is 0 Å². The number of hydrogen-bond acceptors (Lipinski definition) is 5. The van der Waals surface area contributed by atoms with Crippen LogP contribution in [-0.4, -0.2) is 30.8 Å². The van der Waals surface area contributed by atoms with E-state index in [0.29, 0.717) is 17.7 Å². The summed E-state index contributed by atoms with van der Waals surface area (Å²) >= 11 is 1.60. The maximum Gasteiger partial charge on any atom is 0.254 e. The number of nitrogens with zero attached hydrogens (tertiary/aromatic N) is 2. The third-order valence-electron chi connectivity index (χ3n) is 5.28. The summed E-state index contributed by atoms with van der Waals surface area (Å²) in [6.45, 7) is 4.11. The fourth-order valence-electron chi connectivity index (χ4n) is 3.71. The summed E-state index contributed by atoms with van der Waals surface area (Å²) in [6.07, 6.45) is 1.73. The Labute approximate surface area is 168 Å². The van der Waals surface area contributed by atoms with Gasteiger partial charge in [0, 0.05) is 12.1 Å². The van der Waals surface area contributed by atoms with Crippen molar-refractivity contribution in [2.45, 2.75) is 37.6 Å². The molecule has 0 spiro atoms. The Hall–Kier alpha value is -2.29. The van der Waals surface area contributed by atoms with Crippen LogP contribution in [0, 0.1) is 13.8 Å². The number of aryl methyl sites for hydroxylation is 1. The molecule has 28 heavy (non-hydrogen) atoms. The molecule has 1 unspecified atom stereocenters. The number of primary sulfonamides is 1. The van der Waals surface area contributed by atoms with Gasteiger partial charge in [-0.15, -0.1) is 11.3 Å². The highest BCUT2D eigenvalue weighted by Gasteiger charge is 2.33. The van der Waals surface area contributed by atoms with Crippen molar-refractivity contribution in [3.8, 4) is 0 Å². The van der Waals surface area contributed by atoms with Crippen LogP contribution in [0.4, 0.5) is 0 Å². The number of carbonyl (C=O) groups excluding carboxylic acids is 1. The molecule has 4 rings (SSSR count). The van der Waals surface area contributed by atoms with Gasteiger partial charge in [-0.3, -0.25) is 4.79 Å². The molecule has 1 amide bonds. The average Bonchev–Trinajstić information content (AvgIpc) is 3.28. The summed E-state index contributed by atoms with van der Waals surface area (Å²) in [4.78, 5) is 19.8. The molecule has 2 aromatic carbocycles. The second-order valence-corrected chi connectivity index (χ2v) is 9.73. The third-order valence-corrected chi connectivity index (χ3v) is 7.46. The number of benzene rings is 2. The highest BCUT2D eigenvalue weighted by atomic mass is 32.2. The molecule has 1 aliphatic heterocycles. The molecule has 0 saturated carbocycles. The first-order valence-corrected chi connectivity index (χ1v) is 11.4. The predicted octanol–water partition coefficient (Wildman–Crippen LogP) is 3.54. The summed E-state index contributed by atoms with van der Waals surface area (Å²) < 4.78 is 25.0. The van der Waals surface area contributed by atoms with E-state index in [1.54, 1.807) is 36.2 Å². The molecule has 0 aliphatic carbocycles. The number of hydrogen-bond donors (Lipinski definition) is 1. The monoisotopic (exact) mass is 415 g/mol. The Morgan fingerprint density at radius 1 is 1.25 bits per heavy atom. The SMILES string of the molecule is Cc1cc(C(=O)N2CCCC2c2nc3ccccc3s2)cc(S(N)(=O)=O)c1C. The van der Waals surface area contributed by atoms with Gasteiger partial charge in [-0.2, -0.15) is 0 Å². The van der Waals surface area contributed by atoms with Crippen LogP contribution in [0.3, 0.4) is 0 Å². The maximum atomic E-state index is 13.3. The van der Waals surface area contributed by atoms with Crippen LogP contribution in [0.15, 0.2) is 41.3 Å². The van der Waals surface area contributed by atoms with E-state index >= 15 is 0 Å². The molecular weight excluding hydrogens is 394 g/mol. The number of aromatic nitrogens is 1. The van der Waals surface area contributed by atoms with Gasteiger partial charge < -0.3 is 4.90 Å². The molecule has 2 heterocycles. The molecular formula is C20H21N3O3S2. The van der Waals surface area contributed by atoms with Crippen LogP contribution < -0.4 is 5.14 Å². The van der Waals surface area contributed by atoms with Crippen LogP contribution in [0.25, 0.3) is 10.2 Å². The minimum Gasteiger partial charge on any atom is -0.329 e. The zero-order valence-electron chi connectivity index (χ0n) is 15.7. The fourth-order valence-corrected chi connectivity index (χ4v) is 5.71. The number of carbonyl (C=O) groups is 1. The Morgan fingerprint density at radius 2 is 2.00 bits per heavy atom. The number of nitrogens with two attached hydrogens (primary N) is 1. The average molecular weight is 416 g/mol. The molecule has 1 aliphatic rings. The van der Waals surface area contributed by atoms with Crippen molar-refractivity contribution in [1.82, 2.24) is 9.88 Å². The van der Waals surface area contributed by atoms with E-state index in [9.17, 15) is 13.2 Å². The molecule has 1 fully saturated rings. The summed E-state index contributed by atoms with van der Waals surface area (Å²) in [7, 11) is -3.90. The summed E-state index contributed by atoms with van der Waals surface area (Å²) in [5.41, 5.74) is 2.58. The molecule has 6 nitrogen and oxygen atoms in total. The second kappa shape index (κ2) is 6.95. The fraction of sp³-hybridized carbons (Fsp3) is 0.300. The number of rotatable bonds is 3. The highest BCUT2D eigenvalue weighted by Crippen LogP contribution is 2.37. The minimum atomic E-state index is -3.90. The van der Waals surface area contributed by atoms with Gasteiger partial charge in [0.05, 0.1) is 21.2 Å². The van der Waals surface area contributed by atoms with Gasteiger partial charge in [-0.05, 0) is 62.1 Å². The normalized spacial score (nSPS) is 17.4. The van der Waals surface area contributed by atoms with Gasteiger partial charge in [-0.25, -0.2) is 18.5 Å². The first kappa shape index (κ1) is 19.0. The van der Waals surface area contributed by atoms with Crippen molar-refractivity contribution in [2.24, 2.45) is 5.14 Å². The Morgan fingerprint density at radius 3 is 2.71 bits per heavy atom. The Bertz CT molecular complexity index is 1150. The van der Waals surface area contributed by atoms with E-state index in [2.05, 4.69) is 0 Å². The lowest BCUT2D eigenvalue weighted by Gasteiger charge is -2.24. The van der Waals surface area contributed by atoms with Crippen LogP contribution >= 0.6 is 11.3 Å². The lowest BCUT2D eigenvalue weighted by Crippen LogP contribution is -2.31. The molecule has 0 bridgehead atoms. The predicted molar refractivity (Wildman–Crippen MR) is 110 cm³/mol. The van der Waals surface area contributed by atoms with Gasteiger partial charge in [0.2, 0.25) is 10.0 Å². The third kappa shape index (κ3) is 3.32. The number of likely N-dealkylation sites (tertiary alicyclic amines) is 1. The summed E-state index contributed by atoms with van der Waals surface area (Å²) in [5, 5.41) is 6.27. The van der Waals surface area contributed by atoms with E-state index in [4.69, 9.17) is 10.1 Å². The number of thiazole rings is 1. The smallest absolute Gasteiger partial charge is 0.254 e. The van der Waals surface area contributed by atoms with Crippen molar-refractivity contribution in [3.63, 3.8) is 0 Å². The van der Waals surface area contributed by atoms with Gasteiger partial charge in [-0.1, -0.05) is 12.1 Å². The van der Waals surface area contributed by atoms with Gasteiger partial charge in [0.25, 0.3) is 5.91 Å². The van der Waals surface area contributed by atoms with Crippen LogP contribution in [-0.2, 0) is 10.0 Å². The zero-order valence-corrected chi connectivity index (χ0v) is 17.3.